The van der Waals surface area contributed by atoms with Crippen molar-refractivity contribution in [1.82, 2.24) is 0 Å². The van der Waals surface area contributed by atoms with Crippen LogP contribution in [0.25, 0.3) is 0 Å². The number of nitrogens with zero attached hydrogens (tertiary/aromatic N) is 2. The molecule has 3 aromatic rings. The summed E-state index contributed by atoms with van der Waals surface area (Å²) in [4.78, 5) is 15.8. The van der Waals surface area contributed by atoms with E-state index in [2.05, 4.69) is 31.0 Å². The second-order valence-electron chi connectivity index (χ2n) is 11.0. The summed E-state index contributed by atoms with van der Waals surface area (Å²) in [5.74, 6) is 0.486. The molecule has 1 atom stereocenters. The molecule has 39 heavy (non-hydrogen) atoms. The molecular weight excluding hydrogens is 514 g/mol. The van der Waals surface area contributed by atoms with Gasteiger partial charge in [0.25, 0.3) is 15.9 Å². The number of nitrogens with one attached hydrogen (secondary N) is 1. The van der Waals surface area contributed by atoms with Crippen molar-refractivity contribution in [2.24, 2.45) is 0 Å². The smallest absolute Gasteiger partial charge is 0.267 e. The lowest BCUT2D eigenvalue weighted by molar-refractivity contribution is -0.122. The number of amides is 1. The van der Waals surface area contributed by atoms with Gasteiger partial charge in [0.2, 0.25) is 0 Å². The highest BCUT2D eigenvalue weighted by Crippen LogP contribution is 2.40. The lowest BCUT2D eigenvalue weighted by Crippen LogP contribution is -2.49. The highest BCUT2D eigenvalue weighted by molar-refractivity contribution is 7.92. The standard InChI is InChI=1S/C30H35N3O5S/c1-30(2,3)21-7-16-27-26(19-21)33(39(35,36)25-14-12-24(37-4)13-15-25)20-28(38-27)29(34)31-22-8-10-23(11-9-22)32-17-5-6-18-32/h7-16,19,28H,5-6,17-18,20H2,1-4H3,(H,31,34)/t28-/m1/s1. The zero-order valence-corrected chi connectivity index (χ0v) is 23.6. The number of hydrogen-bond donors (Lipinski definition) is 1. The molecule has 1 N–H and O–H groups in total. The van der Waals surface area contributed by atoms with Gasteiger partial charge < -0.3 is 19.7 Å². The fourth-order valence-corrected chi connectivity index (χ4v) is 6.38. The first-order chi connectivity index (χ1) is 18.6. The molecule has 0 radical (unpaired) electrons. The molecule has 9 heteroatoms. The number of carbonyl (C=O) groups is 1. The summed E-state index contributed by atoms with van der Waals surface area (Å²) in [6, 6.07) is 19.4. The van der Waals surface area contributed by atoms with Crippen LogP contribution in [0.1, 0.15) is 39.2 Å². The summed E-state index contributed by atoms with van der Waals surface area (Å²) in [7, 11) is -2.48. The Bertz CT molecular complexity index is 1440. The molecule has 0 aliphatic carbocycles. The van der Waals surface area contributed by atoms with Crippen LogP contribution < -0.4 is 24.0 Å². The Morgan fingerprint density at radius 3 is 2.26 bits per heavy atom. The average molecular weight is 550 g/mol. The summed E-state index contributed by atoms with van der Waals surface area (Å²) >= 11 is 0. The van der Waals surface area contributed by atoms with E-state index >= 15 is 0 Å². The number of anilines is 3. The van der Waals surface area contributed by atoms with Gasteiger partial charge in [-0.25, -0.2) is 8.42 Å². The fourth-order valence-electron chi connectivity index (χ4n) is 4.91. The van der Waals surface area contributed by atoms with E-state index in [1.165, 1.54) is 36.4 Å². The second kappa shape index (κ2) is 10.4. The van der Waals surface area contributed by atoms with E-state index in [9.17, 15) is 13.2 Å². The lowest BCUT2D eigenvalue weighted by atomic mass is 9.86. The van der Waals surface area contributed by atoms with Crippen LogP contribution in [-0.4, -0.2) is 47.2 Å². The first-order valence-corrected chi connectivity index (χ1v) is 14.6. The lowest BCUT2D eigenvalue weighted by Gasteiger charge is -2.36. The van der Waals surface area contributed by atoms with Gasteiger partial charge >= 0.3 is 0 Å². The molecule has 3 aromatic carbocycles. The quantitative estimate of drug-likeness (QED) is 0.456. The van der Waals surface area contributed by atoms with Gasteiger partial charge in [0.15, 0.2) is 6.10 Å². The highest BCUT2D eigenvalue weighted by atomic mass is 32.2. The summed E-state index contributed by atoms with van der Waals surface area (Å²) in [5.41, 5.74) is 2.92. The van der Waals surface area contributed by atoms with Gasteiger partial charge in [-0.05, 0) is 84.5 Å². The van der Waals surface area contributed by atoms with E-state index in [0.29, 0.717) is 22.9 Å². The Balaban J connectivity index is 1.44. The van der Waals surface area contributed by atoms with Crippen molar-refractivity contribution in [3.8, 4) is 11.5 Å². The molecule has 1 amide bonds. The first kappa shape index (κ1) is 26.9. The largest absolute Gasteiger partial charge is 0.497 e. The van der Waals surface area contributed by atoms with Gasteiger partial charge in [-0.1, -0.05) is 26.8 Å². The maximum Gasteiger partial charge on any atom is 0.267 e. The van der Waals surface area contributed by atoms with Crippen molar-refractivity contribution < 1.29 is 22.7 Å². The third kappa shape index (κ3) is 5.54. The number of methoxy groups -OCH3 is 1. The van der Waals surface area contributed by atoms with Crippen LogP contribution in [0.3, 0.4) is 0 Å². The number of carbonyl (C=O) groups excluding carboxylic acids is 1. The molecule has 2 aliphatic rings. The molecule has 206 valence electrons. The molecule has 0 aromatic heterocycles. The maximum atomic E-state index is 13.9. The number of hydrogen-bond acceptors (Lipinski definition) is 6. The maximum absolute atomic E-state index is 13.9. The Morgan fingerprint density at radius 1 is 0.974 bits per heavy atom. The molecule has 0 saturated carbocycles. The fraction of sp³-hybridized carbons (Fsp3) is 0.367. The van der Waals surface area contributed by atoms with E-state index < -0.39 is 22.0 Å². The minimum atomic E-state index is -4.00. The van der Waals surface area contributed by atoms with Crippen molar-refractivity contribution in [3.05, 3.63) is 72.3 Å². The molecule has 2 heterocycles. The summed E-state index contributed by atoms with van der Waals surface area (Å²) in [6.45, 7) is 8.10. The number of benzene rings is 3. The van der Waals surface area contributed by atoms with Crippen molar-refractivity contribution in [2.75, 3.05) is 41.3 Å². The third-order valence-corrected chi connectivity index (χ3v) is 9.03. The Labute approximate surface area is 230 Å². The molecule has 8 nitrogen and oxygen atoms in total. The van der Waals surface area contributed by atoms with Crippen LogP contribution in [0.4, 0.5) is 17.1 Å². The van der Waals surface area contributed by atoms with Crippen molar-refractivity contribution >= 4 is 33.0 Å². The predicted octanol–water partition coefficient (Wildman–Crippen LogP) is 5.19. The third-order valence-electron chi connectivity index (χ3n) is 7.24. The Hall–Kier alpha value is -3.72. The summed E-state index contributed by atoms with van der Waals surface area (Å²) in [6.07, 6.45) is 1.34. The number of sulfonamides is 1. The number of ether oxygens (including phenoxy) is 2. The van der Waals surface area contributed by atoms with Gasteiger partial charge in [0.1, 0.15) is 11.5 Å². The van der Waals surface area contributed by atoms with E-state index in [-0.39, 0.29) is 16.9 Å². The number of rotatable bonds is 6. The average Bonchev–Trinajstić information content (AvgIpc) is 3.47. The highest BCUT2D eigenvalue weighted by Gasteiger charge is 2.38. The van der Waals surface area contributed by atoms with Crippen molar-refractivity contribution in [1.29, 1.82) is 0 Å². The summed E-state index contributed by atoms with van der Waals surface area (Å²) in [5, 5.41) is 2.90. The topological polar surface area (TPSA) is 88.2 Å². The minimum absolute atomic E-state index is 0.106. The Morgan fingerprint density at radius 2 is 1.64 bits per heavy atom. The van der Waals surface area contributed by atoms with Crippen LogP contribution in [0.2, 0.25) is 0 Å². The van der Waals surface area contributed by atoms with Crippen LogP contribution in [-0.2, 0) is 20.2 Å². The predicted molar refractivity (Wildman–Crippen MR) is 154 cm³/mol. The summed E-state index contributed by atoms with van der Waals surface area (Å²) < 4.78 is 40.4. The number of fused-ring (bicyclic) bond motifs is 1. The molecule has 1 saturated heterocycles. The molecule has 1 fully saturated rings. The first-order valence-electron chi connectivity index (χ1n) is 13.2. The monoisotopic (exact) mass is 549 g/mol. The normalized spacial score (nSPS) is 17.4. The van der Waals surface area contributed by atoms with Gasteiger partial charge in [0.05, 0.1) is 24.2 Å². The van der Waals surface area contributed by atoms with Crippen LogP contribution in [0.5, 0.6) is 11.5 Å². The molecule has 0 bridgehead atoms. The minimum Gasteiger partial charge on any atom is -0.497 e. The van der Waals surface area contributed by atoms with Gasteiger partial charge in [0, 0.05) is 24.5 Å². The molecule has 0 spiro atoms. The zero-order valence-electron chi connectivity index (χ0n) is 22.8. The Kier molecular flexibility index (Phi) is 7.20. The second-order valence-corrected chi connectivity index (χ2v) is 12.8. The van der Waals surface area contributed by atoms with E-state index in [1.54, 1.807) is 18.2 Å². The van der Waals surface area contributed by atoms with Crippen molar-refractivity contribution in [3.63, 3.8) is 0 Å². The van der Waals surface area contributed by atoms with E-state index in [4.69, 9.17) is 9.47 Å². The van der Waals surface area contributed by atoms with Crippen LogP contribution >= 0.6 is 0 Å². The molecular formula is C30H35N3O5S. The van der Waals surface area contributed by atoms with Gasteiger partial charge in [-0.3, -0.25) is 9.10 Å². The van der Waals surface area contributed by atoms with Gasteiger partial charge in [-0.15, -0.1) is 0 Å². The zero-order chi connectivity index (χ0) is 27.8. The van der Waals surface area contributed by atoms with E-state index in [1.807, 2.05) is 36.4 Å². The molecule has 0 unspecified atom stereocenters. The van der Waals surface area contributed by atoms with E-state index in [0.717, 1.165) is 24.3 Å². The SMILES string of the molecule is COc1ccc(S(=O)(=O)N2C[C@H](C(=O)Nc3ccc(N4CCCC4)cc3)Oc3ccc(C(C)(C)C)cc32)cc1. The van der Waals surface area contributed by atoms with Crippen LogP contribution in [0, 0.1) is 0 Å². The van der Waals surface area contributed by atoms with Crippen LogP contribution in [0.15, 0.2) is 71.6 Å². The molecule has 5 rings (SSSR count). The molecule has 2 aliphatic heterocycles. The van der Waals surface area contributed by atoms with Crippen molar-refractivity contribution in [2.45, 2.75) is 50.0 Å². The van der Waals surface area contributed by atoms with Gasteiger partial charge in [-0.2, -0.15) is 0 Å².